The van der Waals surface area contributed by atoms with Crippen molar-refractivity contribution in [2.24, 2.45) is 0 Å². The van der Waals surface area contributed by atoms with E-state index < -0.39 is 18.2 Å². The van der Waals surface area contributed by atoms with Crippen molar-refractivity contribution in [3.05, 3.63) is 59.7 Å². The van der Waals surface area contributed by atoms with Crippen LogP contribution in [0.1, 0.15) is 23.5 Å². The first-order valence-corrected chi connectivity index (χ1v) is 9.09. The Morgan fingerprint density at radius 2 is 1.67 bits per heavy atom. The van der Waals surface area contributed by atoms with Crippen LogP contribution in [-0.4, -0.2) is 54.5 Å². The number of aliphatic carboxylic acids is 1. The van der Waals surface area contributed by atoms with E-state index >= 15 is 0 Å². The van der Waals surface area contributed by atoms with Gasteiger partial charge in [-0.05, 0) is 22.3 Å². The van der Waals surface area contributed by atoms with Gasteiger partial charge >= 0.3 is 12.1 Å². The summed E-state index contributed by atoms with van der Waals surface area (Å²) >= 11 is 0. The Morgan fingerprint density at radius 3 is 2.30 bits per heavy atom. The third kappa shape index (κ3) is 3.40. The highest BCUT2D eigenvalue weighted by Crippen LogP contribution is 2.44. The highest BCUT2D eigenvalue weighted by atomic mass is 16.6. The summed E-state index contributed by atoms with van der Waals surface area (Å²) in [5.74, 6) is -0.985. The second-order valence-electron chi connectivity index (χ2n) is 6.78. The predicted molar refractivity (Wildman–Crippen MR) is 98.6 cm³/mol. The molecule has 0 bridgehead atoms. The molecule has 1 atom stereocenters. The molecular weight excluding hydrogens is 346 g/mol. The Hall–Kier alpha value is -2.86. The minimum absolute atomic E-state index is 0.0105. The SMILES string of the molecule is O=C(O)C1CCN(C(=O)OCC2c3ccccc3-c3ccccc32)CCO1. The van der Waals surface area contributed by atoms with E-state index in [1.165, 1.54) is 16.0 Å². The van der Waals surface area contributed by atoms with Gasteiger partial charge in [0.25, 0.3) is 0 Å². The van der Waals surface area contributed by atoms with Crippen LogP contribution in [0.3, 0.4) is 0 Å². The van der Waals surface area contributed by atoms with Crippen molar-refractivity contribution in [3.8, 4) is 11.1 Å². The first-order valence-electron chi connectivity index (χ1n) is 9.09. The summed E-state index contributed by atoms with van der Waals surface area (Å²) in [4.78, 5) is 25.1. The molecule has 140 valence electrons. The van der Waals surface area contributed by atoms with Crippen LogP contribution >= 0.6 is 0 Å². The Bertz CT molecular complexity index is 820. The van der Waals surface area contributed by atoms with Crippen molar-refractivity contribution in [3.63, 3.8) is 0 Å². The molecule has 0 spiro atoms. The van der Waals surface area contributed by atoms with Gasteiger partial charge in [0, 0.05) is 25.4 Å². The van der Waals surface area contributed by atoms with Gasteiger partial charge in [-0.2, -0.15) is 0 Å². The fourth-order valence-electron chi connectivity index (χ4n) is 3.84. The molecule has 1 amide bonds. The summed E-state index contributed by atoms with van der Waals surface area (Å²) in [6.07, 6.45) is -1.03. The fourth-order valence-corrected chi connectivity index (χ4v) is 3.84. The third-order valence-electron chi connectivity index (χ3n) is 5.21. The maximum Gasteiger partial charge on any atom is 0.409 e. The maximum absolute atomic E-state index is 12.5. The largest absolute Gasteiger partial charge is 0.479 e. The number of hydrogen-bond acceptors (Lipinski definition) is 4. The standard InChI is InChI=1S/C21H21NO5/c23-20(24)19-9-10-22(11-12-26-19)21(25)27-13-18-16-7-3-1-5-14(16)15-6-2-4-8-17(15)18/h1-8,18-19H,9-13H2,(H,23,24). The summed E-state index contributed by atoms with van der Waals surface area (Å²) in [5.41, 5.74) is 4.69. The molecule has 1 fully saturated rings. The molecule has 1 N–H and O–H groups in total. The molecule has 0 saturated carbocycles. The molecule has 4 rings (SSSR count). The van der Waals surface area contributed by atoms with Gasteiger partial charge in [-0.25, -0.2) is 9.59 Å². The van der Waals surface area contributed by atoms with Crippen molar-refractivity contribution < 1.29 is 24.2 Å². The Morgan fingerprint density at radius 1 is 1.04 bits per heavy atom. The van der Waals surface area contributed by atoms with E-state index in [-0.39, 0.29) is 25.6 Å². The van der Waals surface area contributed by atoms with E-state index in [1.807, 2.05) is 24.3 Å². The predicted octanol–water partition coefficient (Wildman–Crippen LogP) is 3.11. The van der Waals surface area contributed by atoms with Crippen molar-refractivity contribution in [2.75, 3.05) is 26.3 Å². The number of nitrogens with zero attached hydrogens (tertiary/aromatic N) is 1. The molecule has 2 aromatic rings. The lowest BCUT2D eigenvalue weighted by molar-refractivity contribution is -0.149. The summed E-state index contributed by atoms with van der Waals surface area (Å²) in [6, 6.07) is 16.4. The average Bonchev–Trinajstić information content (AvgIpc) is 2.83. The van der Waals surface area contributed by atoms with Crippen LogP contribution in [0.15, 0.2) is 48.5 Å². The first-order chi connectivity index (χ1) is 13.1. The Kier molecular flexibility index (Phi) is 4.81. The molecule has 6 nitrogen and oxygen atoms in total. The molecule has 6 heteroatoms. The summed E-state index contributed by atoms with van der Waals surface area (Å²) in [6.45, 7) is 1.10. The number of hydrogen-bond donors (Lipinski definition) is 1. The monoisotopic (exact) mass is 367 g/mol. The molecule has 1 heterocycles. The molecule has 1 unspecified atom stereocenters. The van der Waals surface area contributed by atoms with E-state index in [9.17, 15) is 9.59 Å². The highest BCUT2D eigenvalue weighted by Gasteiger charge is 2.30. The molecular formula is C21H21NO5. The van der Waals surface area contributed by atoms with Gasteiger partial charge in [-0.3, -0.25) is 0 Å². The van der Waals surface area contributed by atoms with Crippen molar-refractivity contribution in [1.82, 2.24) is 4.90 Å². The highest BCUT2D eigenvalue weighted by molar-refractivity contribution is 5.79. The topological polar surface area (TPSA) is 76.1 Å². The number of ether oxygens (including phenoxy) is 2. The van der Waals surface area contributed by atoms with Gasteiger partial charge in [0.1, 0.15) is 6.61 Å². The van der Waals surface area contributed by atoms with E-state index in [0.29, 0.717) is 13.1 Å². The smallest absolute Gasteiger partial charge is 0.409 e. The van der Waals surface area contributed by atoms with E-state index in [2.05, 4.69) is 24.3 Å². The number of benzene rings is 2. The summed E-state index contributed by atoms with van der Waals surface area (Å²) in [5, 5.41) is 9.06. The number of amides is 1. The molecule has 1 saturated heterocycles. The average molecular weight is 367 g/mol. The molecule has 1 aliphatic heterocycles. The van der Waals surface area contributed by atoms with Crippen LogP contribution in [0, 0.1) is 0 Å². The summed E-state index contributed by atoms with van der Waals surface area (Å²) in [7, 11) is 0. The molecule has 27 heavy (non-hydrogen) atoms. The van der Waals surface area contributed by atoms with Gasteiger partial charge in [0.2, 0.25) is 0 Å². The quantitative estimate of drug-likeness (QED) is 0.902. The second-order valence-corrected chi connectivity index (χ2v) is 6.78. The number of rotatable bonds is 3. The number of carboxylic acid groups (broad SMARTS) is 1. The molecule has 2 aliphatic rings. The van der Waals surface area contributed by atoms with E-state index in [0.717, 1.165) is 11.1 Å². The van der Waals surface area contributed by atoms with Crippen molar-refractivity contribution in [1.29, 1.82) is 0 Å². The van der Waals surface area contributed by atoms with Crippen LogP contribution in [0.2, 0.25) is 0 Å². The maximum atomic E-state index is 12.5. The van der Waals surface area contributed by atoms with Gasteiger partial charge in [-0.15, -0.1) is 0 Å². The summed E-state index contributed by atoms with van der Waals surface area (Å²) < 4.78 is 10.9. The van der Waals surface area contributed by atoms with E-state index in [1.54, 1.807) is 0 Å². The molecule has 1 aliphatic carbocycles. The minimum atomic E-state index is -0.996. The minimum Gasteiger partial charge on any atom is -0.479 e. The number of carbonyl (C=O) groups is 2. The van der Waals surface area contributed by atoms with Crippen LogP contribution in [0.5, 0.6) is 0 Å². The number of carboxylic acids is 1. The van der Waals surface area contributed by atoms with Gasteiger partial charge in [0.15, 0.2) is 6.10 Å². The van der Waals surface area contributed by atoms with Gasteiger partial charge < -0.3 is 19.5 Å². The lowest BCUT2D eigenvalue weighted by Crippen LogP contribution is -2.34. The lowest BCUT2D eigenvalue weighted by Gasteiger charge is -2.21. The van der Waals surface area contributed by atoms with Gasteiger partial charge in [0.05, 0.1) is 6.61 Å². The van der Waals surface area contributed by atoms with Crippen LogP contribution in [-0.2, 0) is 14.3 Å². The van der Waals surface area contributed by atoms with Crippen LogP contribution in [0.4, 0.5) is 4.79 Å². The second kappa shape index (κ2) is 7.40. The zero-order valence-corrected chi connectivity index (χ0v) is 14.8. The van der Waals surface area contributed by atoms with E-state index in [4.69, 9.17) is 14.6 Å². The molecule has 0 aromatic heterocycles. The molecule has 0 radical (unpaired) electrons. The molecule has 2 aromatic carbocycles. The van der Waals surface area contributed by atoms with Gasteiger partial charge in [-0.1, -0.05) is 48.5 Å². The lowest BCUT2D eigenvalue weighted by atomic mass is 9.98. The number of fused-ring (bicyclic) bond motifs is 3. The third-order valence-corrected chi connectivity index (χ3v) is 5.21. The van der Waals surface area contributed by atoms with Crippen molar-refractivity contribution in [2.45, 2.75) is 18.4 Å². The zero-order chi connectivity index (χ0) is 18.8. The zero-order valence-electron chi connectivity index (χ0n) is 14.8. The Balaban J connectivity index is 1.44. The van der Waals surface area contributed by atoms with Crippen molar-refractivity contribution >= 4 is 12.1 Å². The number of carbonyl (C=O) groups excluding carboxylic acids is 1. The van der Waals surface area contributed by atoms with Crippen LogP contribution in [0.25, 0.3) is 11.1 Å². The first kappa shape index (κ1) is 17.5. The fraction of sp³-hybridized carbons (Fsp3) is 0.333. The Labute approximate surface area is 157 Å². The van der Waals surface area contributed by atoms with Crippen LogP contribution < -0.4 is 0 Å². The normalized spacial score (nSPS) is 19.1.